The molecule has 0 bridgehead atoms. The summed E-state index contributed by atoms with van der Waals surface area (Å²) in [5.41, 5.74) is 2.19. The first kappa shape index (κ1) is 17.1. The highest BCUT2D eigenvalue weighted by Crippen LogP contribution is 2.22. The van der Waals surface area contributed by atoms with E-state index in [0.717, 1.165) is 17.5 Å². The van der Waals surface area contributed by atoms with Crippen LogP contribution in [0.25, 0.3) is 0 Å². The Morgan fingerprint density at radius 2 is 2.00 bits per heavy atom. The zero-order chi connectivity index (χ0) is 17.8. The van der Waals surface area contributed by atoms with Gasteiger partial charge in [-0.1, -0.05) is 36.4 Å². The maximum atomic E-state index is 13.8. The molecule has 0 spiro atoms. The largest absolute Gasteiger partial charge is 0.342 e. The Balaban J connectivity index is 1.58. The molecule has 2 amide bonds. The summed E-state index contributed by atoms with van der Waals surface area (Å²) < 4.78 is 13.8. The number of hydrogen-bond donors (Lipinski definition) is 1. The molecule has 0 radical (unpaired) electrons. The van der Waals surface area contributed by atoms with Gasteiger partial charge in [0.15, 0.2) is 0 Å². The number of amides is 2. The third-order valence-corrected chi connectivity index (χ3v) is 4.48. The summed E-state index contributed by atoms with van der Waals surface area (Å²) in [6, 6.07) is 14.5. The van der Waals surface area contributed by atoms with E-state index in [1.165, 1.54) is 6.07 Å². The molecule has 1 aliphatic heterocycles. The van der Waals surface area contributed by atoms with Crippen molar-refractivity contribution < 1.29 is 14.0 Å². The Hall–Kier alpha value is -2.69. The van der Waals surface area contributed by atoms with Gasteiger partial charge in [-0.3, -0.25) is 9.59 Å². The van der Waals surface area contributed by atoms with E-state index in [1.807, 2.05) is 37.3 Å². The lowest BCUT2D eigenvalue weighted by atomic mass is 10.1. The topological polar surface area (TPSA) is 49.4 Å². The van der Waals surface area contributed by atoms with Gasteiger partial charge in [-0.25, -0.2) is 4.39 Å². The van der Waals surface area contributed by atoms with Crippen molar-refractivity contribution >= 4 is 17.5 Å². The van der Waals surface area contributed by atoms with Crippen molar-refractivity contribution in [1.29, 1.82) is 0 Å². The summed E-state index contributed by atoms with van der Waals surface area (Å²) in [6.45, 7) is 2.80. The molecule has 130 valence electrons. The molecule has 2 aromatic rings. The zero-order valence-electron chi connectivity index (χ0n) is 14.2. The van der Waals surface area contributed by atoms with E-state index >= 15 is 0 Å². The van der Waals surface area contributed by atoms with E-state index in [2.05, 4.69) is 5.32 Å². The lowest BCUT2D eigenvalue weighted by molar-refractivity contribution is -0.128. The Morgan fingerprint density at radius 3 is 2.76 bits per heavy atom. The molecule has 2 aromatic carbocycles. The summed E-state index contributed by atoms with van der Waals surface area (Å²) in [4.78, 5) is 26.3. The van der Waals surface area contributed by atoms with Crippen molar-refractivity contribution in [2.75, 3.05) is 18.4 Å². The summed E-state index contributed by atoms with van der Waals surface area (Å²) in [7, 11) is 0. The molecule has 1 atom stereocenters. The van der Waals surface area contributed by atoms with Crippen molar-refractivity contribution in [1.82, 2.24) is 4.90 Å². The second-order valence-corrected chi connectivity index (χ2v) is 6.45. The fourth-order valence-corrected chi connectivity index (χ4v) is 3.04. The van der Waals surface area contributed by atoms with E-state index in [-0.39, 0.29) is 23.9 Å². The first-order valence-electron chi connectivity index (χ1n) is 8.41. The molecular formula is C20H21FN2O2. The summed E-state index contributed by atoms with van der Waals surface area (Å²) in [5, 5.41) is 2.62. The molecule has 1 fully saturated rings. The second kappa shape index (κ2) is 7.47. The van der Waals surface area contributed by atoms with Gasteiger partial charge in [-0.2, -0.15) is 0 Å². The van der Waals surface area contributed by atoms with E-state index in [0.29, 0.717) is 13.1 Å². The van der Waals surface area contributed by atoms with Crippen molar-refractivity contribution in [3.05, 3.63) is 65.5 Å². The van der Waals surface area contributed by atoms with E-state index < -0.39 is 11.7 Å². The molecule has 25 heavy (non-hydrogen) atoms. The fourth-order valence-electron chi connectivity index (χ4n) is 3.04. The van der Waals surface area contributed by atoms with Gasteiger partial charge in [-0.15, -0.1) is 0 Å². The number of benzene rings is 2. The van der Waals surface area contributed by atoms with Gasteiger partial charge in [0.1, 0.15) is 5.82 Å². The van der Waals surface area contributed by atoms with Crippen LogP contribution >= 0.6 is 0 Å². The predicted molar refractivity (Wildman–Crippen MR) is 94.6 cm³/mol. The monoisotopic (exact) mass is 340 g/mol. The van der Waals surface area contributed by atoms with E-state index in [9.17, 15) is 14.0 Å². The maximum absolute atomic E-state index is 13.8. The van der Waals surface area contributed by atoms with Gasteiger partial charge >= 0.3 is 0 Å². The first-order valence-corrected chi connectivity index (χ1v) is 8.41. The quantitative estimate of drug-likeness (QED) is 0.909. The lowest BCUT2D eigenvalue weighted by Gasteiger charge is -2.16. The average molecular weight is 340 g/mol. The zero-order valence-corrected chi connectivity index (χ0v) is 14.2. The van der Waals surface area contributed by atoms with Crippen LogP contribution in [0.1, 0.15) is 17.5 Å². The first-order chi connectivity index (χ1) is 12.0. The predicted octanol–water partition coefficient (Wildman–Crippen LogP) is 3.16. The molecule has 0 unspecified atom stereocenters. The van der Waals surface area contributed by atoms with Crippen LogP contribution in [0.5, 0.6) is 0 Å². The highest BCUT2D eigenvalue weighted by atomic mass is 19.1. The lowest BCUT2D eigenvalue weighted by Crippen LogP contribution is -2.30. The number of halogens is 1. The molecule has 3 rings (SSSR count). The minimum absolute atomic E-state index is 0.0270. The molecule has 1 saturated heterocycles. The van der Waals surface area contributed by atoms with Crippen LogP contribution in [-0.2, 0) is 16.0 Å². The number of nitrogens with zero attached hydrogens (tertiary/aromatic N) is 1. The molecule has 5 heteroatoms. The Morgan fingerprint density at radius 1 is 1.24 bits per heavy atom. The van der Waals surface area contributed by atoms with Gasteiger partial charge < -0.3 is 10.2 Å². The fraction of sp³-hybridized carbons (Fsp3) is 0.300. The molecule has 1 N–H and O–H groups in total. The number of carbonyl (C=O) groups excluding carboxylic acids is 2. The number of rotatable bonds is 5. The van der Waals surface area contributed by atoms with E-state index in [1.54, 1.807) is 17.0 Å². The van der Waals surface area contributed by atoms with Crippen LogP contribution in [0.2, 0.25) is 0 Å². The number of aryl methyl sites for hydroxylation is 1. The number of anilines is 1. The minimum atomic E-state index is -0.468. The normalized spacial score (nSPS) is 17.0. The third-order valence-electron chi connectivity index (χ3n) is 4.48. The van der Waals surface area contributed by atoms with Gasteiger partial charge in [0.2, 0.25) is 11.8 Å². The van der Waals surface area contributed by atoms with Crippen LogP contribution in [0, 0.1) is 18.7 Å². The van der Waals surface area contributed by atoms with Crippen LogP contribution in [0.3, 0.4) is 0 Å². The molecule has 1 aliphatic rings. The third kappa shape index (κ3) is 4.24. The Kier molecular flexibility index (Phi) is 5.12. The summed E-state index contributed by atoms with van der Waals surface area (Å²) >= 11 is 0. The van der Waals surface area contributed by atoms with Gasteiger partial charge in [0, 0.05) is 19.5 Å². The van der Waals surface area contributed by atoms with Crippen molar-refractivity contribution in [2.24, 2.45) is 5.92 Å². The Bertz CT molecular complexity index is 777. The van der Waals surface area contributed by atoms with Gasteiger partial charge in [0.25, 0.3) is 0 Å². The number of hydrogen-bond acceptors (Lipinski definition) is 2. The summed E-state index contributed by atoms with van der Waals surface area (Å²) in [6.07, 6.45) is 0.932. The van der Waals surface area contributed by atoms with Crippen molar-refractivity contribution in [3.63, 3.8) is 0 Å². The number of nitrogens with one attached hydrogen (secondary N) is 1. The average Bonchev–Trinajstić information content (AvgIpc) is 2.98. The van der Waals surface area contributed by atoms with Gasteiger partial charge in [-0.05, 0) is 36.6 Å². The highest BCUT2D eigenvalue weighted by Gasteiger charge is 2.34. The molecule has 0 aliphatic carbocycles. The highest BCUT2D eigenvalue weighted by molar-refractivity contribution is 5.97. The maximum Gasteiger partial charge on any atom is 0.229 e. The van der Waals surface area contributed by atoms with Gasteiger partial charge in [0.05, 0.1) is 11.6 Å². The molecular weight excluding hydrogens is 319 g/mol. The van der Waals surface area contributed by atoms with Crippen LogP contribution in [0.15, 0.2) is 48.5 Å². The molecule has 0 saturated carbocycles. The second-order valence-electron chi connectivity index (χ2n) is 6.45. The molecule has 4 nitrogen and oxygen atoms in total. The van der Waals surface area contributed by atoms with Crippen LogP contribution in [0.4, 0.5) is 10.1 Å². The van der Waals surface area contributed by atoms with Crippen LogP contribution in [-0.4, -0.2) is 29.8 Å². The minimum Gasteiger partial charge on any atom is -0.342 e. The standard InChI is InChI=1S/C20H21FN2O2/c1-14-7-8-17(21)18(11-14)22-20(25)16-12-19(24)23(13-16)10-9-15-5-3-2-4-6-15/h2-8,11,16H,9-10,12-13H2,1H3,(H,22,25)/t16-/m1/s1. The smallest absolute Gasteiger partial charge is 0.229 e. The van der Waals surface area contributed by atoms with Crippen molar-refractivity contribution in [2.45, 2.75) is 19.8 Å². The SMILES string of the molecule is Cc1ccc(F)c(NC(=O)[C@@H]2CC(=O)N(CCc3ccccc3)C2)c1. The van der Waals surface area contributed by atoms with Crippen molar-refractivity contribution in [3.8, 4) is 0 Å². The molecule has 1 heterocycles. The summed E-state index contributed by atoms with van der Waals surface area (Å²) in [5.74, 6) is -1.24. The number of carbonyl (C=O) groups is 2. The van der Waals surface area contributed by atoms with Crippen LogP contribution < -0.4 is 5.32 Å². The number of likely N-dealkylation sites (tertiary alicyclic amines) is 1. The van der Waals surface area contributed by atoms with E-state index in [4.69, 9.17) is 0 Å². The molecule has 0 aromatic heterocycles. The Labute approximate surface area is 146 Å².